The quantitative estimate of drug-likeness (QED) is 0.783. The number of methoxy groups -OCH3 is 1. The van der Waals surface area contributed by atoms with E-state index in [0.717, 1.165) is 31.2 Å². The van der Waals surface area contributed by atoms with E-state index >= 15 is 0 Å². The number of ether oxygens (including phenoxy) is 1. The molecule has 0 unspecified atom stereocenters. The second-order valence-electron chi connectivity index (χ2n) is 5.34. The monoisotopic (exact) mass is 293 g/mol. The van der Waals surface area contributed by atoms with Crippen molar-refractivity contribution >= 4 is 11.9 Å². The van der Waals surface area contributed by atoms with Crippen molar-refractivity contribution in [2.24, 2.45) is 0 Å². The van der Waals surface area contributed by atoms with Crippen molar-refractivity contribution in [3.63, 3.8) is 0 Å². The Morgan fingerprint density at radius 1 is 1.24 bits per heavy atom. The lowest BCUT2D eigenvalue weighted by Crippen LogP contribution is -2.43. The number of amides is 1. The van der Waals surface area contributed by atoms with E-state index < -0.39 is 5.97 Å². The second-order valence-corrected chi connectivity index (χ2v) is 5.34. The third-order valence-electron chi connectivity index (χ3n) is 3.88. The first-order valence-corrected chi connectivity index (χ1v) is 7.21. The lowest BCUT2D eigenvalue weighted by molar-refractivity contribution is -0.148. The first kappa shape index (κ1) is 15.5. The maximum absolute atomic E-state index is 12.9. The molecular formula is C16H20FNO3. The minimum Gasteiger partial charge on any atom is -0.468 e. The fraction of sp³-hybridized carbons (Fsp3) is 0.500. The van der Waals surface area contributed by atoms with Crippen molar-refractivity contribution < 1.29 is 18.7 Å². The lowest BCUT2D eigenvalue weighted by atomic mass is 10.1. The van der Waals surface area contributed by atoms with Crippen molar-refractivity contribution in [3.05, 3.63) is 35.6 Å². The molecule has 114 valence electrons. The first-order valence-electron chi connectivity index (χ1n) is 7.21. The maximum atomic E-state index is 12.9. The van der Waals surface area contributed by atoms with Crippen LogP contribution in [0.2, 0.25) is 0 Å². The molecule has 0 spiro atoms. The summed E-state index contributed by atoms with van der Waals surface area (Å²) in [6.07, 6.45) is 4.17. The maximum Gasteiger partial charge on any atom is 0.325 e. The summed E-state index contributed by atoms with van der Waals surface area (Å²) in [6, 6.07) is 5.97. The Balaban J connectivity index is 2.05. The van der Waals surface area contributed by atoms with E-state index in [1.54, 1.807) is 17.0 Å². The molecule has 21 heavy (non-hydrogen) atoms. The zero-order valence-corrected chi connectivity index (χ0v) is 12.2. The molecule has 1 amide bonds. The summed E-state index contributed by atoms with van der Waals surface area (Å²) >= 11 is 0. The topological polar surface area (TPSA) is 46.6 Å². The lowest BCUT2D eigenvalue weighted by Gasteiger charge is -2.28. The fourth-order valence-corrected chi connectivity index (χ4v) is 2.72. The molecule has 2 rings (SSSR count). The molecule has 1 fully saturated rings. The van der Waals surface area contributed by atoms with Crippen LogP contribution in [0.1, 0.15) is 31.2 Å². The van der Waals surface area contributed by atoms with Gasteiger partial charge in [0, 0.05) is 6.04 Å². The van der Waals surface area contributed by atoms with Crippen LogP contribution < -0.4 is 0 Å². The smallest absolute Gasteiger partial charge is 0.325 e. The predicted octanol–water partition coefficient (Wildman–Crippen LogP) is 2.31. The van der Waals surface area contributed by atoms with E-state index in [2.05, 4.69) is 4.74 Å². The van der Waals surface area contributed by atoms with Crippen LogP contribution in [0.25, 0.3) is 0 Å². The van der Waals surface area contributed by atoms with E-state index in [9.17, 15) is 14.0 Å². The van der Waals surface area contributed by atoms with Crippen LogP contribution in [0.5, 0.6) is 0 Å². The number of halogens is 1. The number of rotatable bonds is 5. The molecule has 0 bridgehead atoms. The van der Waals surface area contributed by atoms with E-state index in [4.69, 9.17) is 0 Å². The second kappa shape index (κ2) is 7.20. The van der Waals surface area contributed by atoms with Gasteiger partial charge in [0.25, 0.3) is 0 Å². The van der Waals surface area contributed by atoms with Crippen molar-refractivity contribution in [1.82, 2.24) is 4.90 Å². The zero-order chi connectivity index (χ0) is 15.2. The van der Waals surface area contributed by atoms with E-state index in [0.29, 0.717) is 0 Å². The Morgan fingerprint density at radius 2 is 1.86 bits per heavy atom. The summed E-state index contributed by atoms with van der Waals surface area (Å²) in [5.74, 6) is -0.846. The summed E-state index contributed by atoms with van der Waals surface area (Å²) in [5.41, 5.74) is 0.745. The molecule has 0 radical (unpaired) electrons. The van der Waals surface area contributed by atoms with Gasteiger partial charge in [0.05, 0.1) is 13.5 Å². The van der Waals surface area contributed by atoms with Gasteiger partial charge >= 0.3 is 5.97 Å². The molecule has 0 atom stereocenters. The van der Waals surface area contributed by atoms with Crippen molar-refractivity contribution in [3.8, 4) is 0 Å². The van der Waals surface area contributed by atoms with Crippen LogP contribution in [0.4, 0.5) is 4.39 Å². The van der Waals surface area contributed by atoms with Gasteiger partial charge in [-0.05, 0) is 30.5 Å². The normalized spacial score (nSPS) is 15.0. The Hall–Kier alpha value is -1.91. The van der Waals surface area contributed by atoms with Gasteiger partial charge in [-0.25, -0.2) is 4.39 Å². The van der Waals surface area contributed by atoms with Crippen molar-refractivity contribution in [2.45, 2.75) is 38.1 Å². The Kier molecular flexibility index (Phi) is 5.31. The minimum atomic E-state index is -0.408. The van der Waals surface area contributed by atoms with Crippen LogP contribution in [-0.2, 0) is 20.7 Å². The van der Waals surface area contributed by atoms with Crippen molar-refractivity contribution in [1.29, 1.82) is 0 Å². The number of esters is 1. The minimum absolute atomic E-state index is 0.0127. The Morgan fingerprint density at radius 3 is 2.43 bits per heavy atom. The molecule has 0 N–H and O–H groups in total. The van der Waals surface area contributed by atoms with Gasteiger partial charge in [-0.3, -0.25) is 9.59 Å². The summed E-state index contributed by atoms with van der Waals surface area (Å²) in [4.78, 5) is 25.6. The van der Waals surface area contributed by atoms with Gasteiger partial charge < -0.3 is 9.64 Å². The molecule has 0 heterocycles. The number of nitrogens with zero attached hydrogens (tertiary/aromatic N) is 1. The predicted molar refractivity (Wildman–Crippen MR) is 76.1 cm³/mol. The number of benzene rings is 1. The Bertz CT molecular complexity index is 495. The molecule has 0 saturated heterocycles. The molecule has 1 saturated carbocycles. The number of hydrogen-bond acceptors (Lipinski definition) is 3. The summed E-state index contributed by atoms with van der Waals surface area (Å²) in [6.45, 7) is -0.0127. The third-order valence-corrected chi connectivity index (χ3v) is 3.88. The molecule has 1 aromatic rings. The standard InChI is InChI=1S/C16H20FNO3/c1-21-16(20)11-18(14-4-2-3-5-14)15(19)10-12-6-8-13(17)9-7-12/h6-9,14H,2-5,10-11H2,1H3. The molecule has 5 heteroatoms. The van der Waals surface area contributed by atoms with Gasteiger partial charge in [0.1, 0.15) is 12.4 Å². The fourth-order valence-electron chi connectivity index (χ4n) is 2.72. The van der Waals surface area contributed by atoms with E-state index in [1.807, 2.05) is 0 Å². The van der Waals surface area contributed by atoms with E-state index in [1.165, 1.54) is 19.2 Å². The molecule has 4 nitrogen and oxygen atoms in total. The van der Waals surface area contributed by atoms with Crippen LogP contribution in [0.3, 0.4) is 0 Å². The van der Waals surface area contributed by atoms with Crippen LogP contribution in [0, 0.1) is 5.82 Å². The number of carbonyl (C=O) groups is 2. The van der Waals surface area contributed by atoms with Gasteiger partial charge in [-0.15, -0.1) is 0 Å². The van der Waals surface area contributed by atoms with Gasteiger partial charge in [0.15, 0.2) is 0 Å². The SMILES string of the molecule is COC(=O)CN(C(=O)Cc1ccc(F)cc1)C1CCCC1. The van der Waals surface area contributed by atoms with Crippen LogP contribution >= 0.6 is 0 Å². The van der Waals surface area contributed by atoms with Crippen LogP contribution in [-0.4, -0.2) is 36.5 Å². The number of carbonyl (C=O) groups excluding carboxylic acids is 2. The van der Waals surface area contributed by atoms with E-state index in [-0.39, 0.29) is 30.7 Å². The molecule has 0 aromatic heterocycles. The molecule has 1 aliphatic rings. The molecule has 1 aliphatic carbocycles. The van der Waals surface area contributed by atoms with Gasteiger partial charge in [0.2, 0.25) is 5.91 Å². The highest BCUT2D eigenvalue weighted by atomic mass is 19.1. The average Bonchev–Trinajstić information content (AvgIpc) is 3.00. The largest absolute Gasteiger partial charge is 0.468 e. The van der Waals surface area contributed by atoms with Crippen molar-refractivity contribution in [2.75, 3.05) is 13.7 Å². The highest BCUT2D eigenvalue weighted by Gasteiger charge is 2.28. The van der Waals surface area contributed by atoms with Gasteiger partial charge in [-0.1, -0.05) is 25.0 Å². The Labute approximate surface area is 123 Å². The highest BCUT2D eigenvalue weighted by molar-refractivity contribution is 5.83. The third kappa shape index (κ3) is 4.28. The number of hydrogen-bond donors (Lipinski definition) is 0. The zero-order valence-electron chi connectivity index (χ0n) is 12.2. The summed E-state index contributed by atoms with van der Waals surface area (Å²) < 4.78 is 17.6. The highest BCUT2D eigenvalue weighted by Crippen LogP contribution is 2.24. The summed E-state index contributed by atoms with van der Waals surface area (Å²) in [7, 11) is 1.32. The average molecular weight is 293 g/mol. The molecule has 1 aromatic carbocycles. The molecule has 0 aliphatic heterocycles. The first-order chi connectivity index (χ1) is 10.1. The summed E-state index contributed by atoms with van der Waals surface area (Å²) in [5, 5.41) is 0. The molecular weight excluding hydrogens is 273 g/mol. The van der Waals surface area contributed by atoms with Crippen LogP contribution in [0.15, 0.2) is 24.3 Å². The van der Waals surface area contributed by atoms with Gasteiger partial charge in [-0.2, -0.15) is 0 Å².